The monoisotopic (exact) mass is 564 g/mol. The Morgan fingerprint density at radius 3 is 1.88 bits per heavy atom. The Bertz CT molecular complexity index is 1230. The van der Waals surface area contributed by atoms with Gasteiger partial charge in [-0.2, -0.15) is 0 Å². The third-order valence-electron chi connectivity index (χ3n) is 9.00. The topological polar surface area (TPSA) is 34.2 Å². The van der Waals surface area contributed by atoms with Crippen molar-refractivity contribution >= 4 is 0 Å². The van der Waals surface area contributed by atoms with Crippen molar-refractivity contribution in [1.82, 2.24) is 9.80 Å². The van der Waals surface area contributed by atoms with E-state index in [0.717, 1.165) is 87.6 Å². The third kappa shape index (κ3) is 6.74. The first-order valence-corrected chi connectivity index (χ1v) is 14.8. The SMILES string of the molecule is CCC1(CCN2CCN(CCC(c3ccc(F)cc3)c3ccc(F)cc3)CC2)OCCc2cc(OC)c(OC)cc21. The van der Waals surface area contributed by atoms with Gasteiger partial charge in [0.15, 0.2) is 11.5 Å². The van der Waals surface area contributed by atoms with Gasteiger partial charge >= 0.3 is 0 Å². The molecule has 0 spiro atoms. The second kappa shape index (κ2) is 13.3. The molecule has 0 N–H and O–H groups in total. The summed E-state index contributed by atoms with van der Waals surface area (Å²) in [4.78, 5) is 5.05. The molecule has 3 aromatic carbocycles. The second-order valence-electron chi connectivity index (χ2n) is 11.2. The fourth-order valence-electron chi connectivity index (χ4n) is 6.47. The van der Waals surface area contributed by atoms with E-state index in [2.05, 4.69) is 28.9 Å². The largest absolute Gasteiger partial charge is 0.493 e. The van der Waals surface area contributed by atoms with E-state index in [1.165, 1.54) is 35.4 Å². The summed E-state index contributed by atoms with van der Waals surface area (Å²) in [5.41, 5.74) is 4.32. The first-order chi connectivity index (χ1) is 19.9. The van der Waals surface area contributed by atoms with Crippen LogP contribution in [0.25, 0.3) is 0 Å². The number of halogens is 2. The van der Waals surface area contributed by atoms with Crippen molar-refractivity contribution in [1.29, 1.82) is 0 Å². The highest BCUT2D eigenvalue weighted by Crippen LogP contribution is 2.43. The van der Waals surface area contributed by atoms with Crippen LogP contribution < -0.4 is 9.47 Å². The smallest absolute Gasteiger partial charge is 0.161 e. The average Bonchev–Trinajstić information content (AvgIpc) is 3.01. The molecule has 1 saturated heterocycles. The van der Waals surface area contributed by atoms with Gasteiger partial charge in [0.05, 0.1) is 26.4 Å². The minimum absolute atomic E-state index is 0.0952. The Kier molecular flexibility index (Phi) is 9.58. The summed E-state index contributed by atoms with van der Waals surface area (Å²) >= 11 is 0. The van der Waals surface area contributed by atoms with Crippen LogP contribution in [0.5, 0.6) is 11.5 Å². The number of nitrogens with zero attached hydrogens (tertiary/aromatic N) is 2. The van der Waals surface area contributed by atoms with Crippen molar-refractivity contribution in [3.05, 3.63) is 94.6 Å². The number of benzene rings is 3. The van der Waals surface area contributed by atoms with Crippen molar-refractivity contribution in [3.8, 4) is 11.5 Å². The van der Waals surface area contributed by atoms with Crippen LogP contribution in [-0.4, -0.2) is 69.9 Å². The van der Waals surface area contributed by atoms with Gasteiger partial charge in [-0.25, -0.2) is 8.78 Å². The quantitative estimate of drug-likeness (QED) is 0.270. The standard InChI is InChI=1S/C34H42F2N2O3/c1-4-34(31-24-33(40-3)32(39-2)23-27(31)14-22-41-34)15-17-38-20-18-37(19-21-38)16-13-30(25-5-9-28(35)10-6-25)26-7-11-29(36)12-8-26/h5-12,23-24,30H,4,13-22H2,1-3H3. The maximum absolute atomic E-state index is 13.6. The van der Waals surface area contributed by atoms with Crippen LogP contribution in [-0.2, 0) is 16.8 Å². The van der Waals surface area contributed by atoms with Gasteiger partial charge in [0.2, 0.25) is 0 Å². The fraction of sp³-hybridized carbons (Fsp3) is 0.471. The molecule has 0 radical (unpaired) electrons. The molecular weight excluding hydrogens is 522 g/mol. The van der Waals surface area contributed by atoms with Gasteiger partial charge in [0, 0.05) is 38.6 Å². The summed E-state index contributed by atoms with van der Waals surface area (Å²) in [7, 11) is 3.37. The molecule has 0 amide bonds. The number of rotatable bonds is 11. The molecule has 1 fully saturated rings. The lowest BCUT2D eigenvalue weighted by molar-refractivity contribution is -0.0755. The molecule has 5 nitrogen and oxygen atoms in total. The lowest BCUT2D eigenvalue weighted by Gasteiger charge is -2.42. The lowest BCUT2D eigenvalue weighted by atomic mass is 9.81. The summed E-state index contributed by atoms with van der Waals surface area (Å²) in [6.45, 7) is 8.86. The van der Waals surface area contributed by atoms with E-state index in [4.69, 9.17) is 14.2 Å². The van der Waals surface area contributed by atoms with E-state index in [1.54, 1.807) is 14.2 Å². The van der Waals surface area contributed by atoms with Crippen molar-refractivity contribution in [3.63, 3.8) is 0 Å². The molecule has 0 aromatic heterocycles. The Balaban J connectivity index is 1.19. The lowest BCUT2D eigenvalue weighted by Crippen LogP contribution is -2.48. The van der Waals surface area contributed by atoms with Gasteiger partial charge in [-0.3, -0.25) is 0 Å². The predicted molar refractivity (Wildman–Crippen MR) is 158 cm³/mol. The molecule has 1 unspecified atom stereocenters. The Labute approximate surface area is 243 Å². The normalized spacial score (nSPS) is 19.8. The highest BCUT2D eigenvalue weighted by molar-refractivity contribution is 5.50. The minimum Gasteiger partial charge on any atom is -0.493 e. The molecule has 1 atom stereocenters. The Hall–Kier alpha value is -3.00. The second-order valence-corrected chi connectivity index (χ2v) is 11.2. The summed E-state index contributed by atoms with van der Waals surface area (Å²) in [6, 6.07) is 17.7. The van der Waals surface area contributed by atoms with Gasteiger partial charge in [-0.05, 0) is 90.9 Å². The molecule has 2 aliphatic rings. The fourth-order valence-corrected chi connectivity index (χ4v) is 6.47. The maximum atomic E-state index is 13.6. The number of hydrogen-bond donors (Lipinski definition) is 0. The van der Waals surface area contributed by atoms with Crippen molar-refractivity contribution in [2.24, 2.45) is 0 Å². The molecule has 2 heterocycles. The van der Waals surface area contributed by atoms with Crippen molar-refractivity contribution in [2.75, 3.05) is 60.1 Å². The van der Waals surface area contributed by atoms with Crippen LogP contribution in [0.15, 0.2) is 60.7 Å². The van der Waals surface area contributed by atoms with Gasteiger partial charge < -0.3 is 24.0 Å². The molecule has 0 aliphatic carbocycles. The van der Waals surface area contributed by atoms with Crippen LogP contribution in [0.1, 0.15) is 54.4 Å². The predicted octanol–water partition coefficient (Wildman–Crippen LogP) is 6.39. The first kappa shape index (κ1) is 29.5. The summed E-state index contributed by atoms with van der Waals surface area (Å²) in [5.74, 6) is 1.14. The van der Waals surface area contributed by atoms with Gasteiger partial charge in [-0.1, -0.05) is 31.2 Å². The molecule has 7 heteroatoms. The van der Waals surface area contributed by atoms with Crippen molar-refractivity contribution < 1.29 is 23.0 Å². The molecule has 3 aromatic rings. The minimum atomic E-state index is -0.318. The van der Waals surface area contributed by atoms with Gasteiger partial charge in [0.1, 0.15) is 11.6 Å². The van der Waals surface area contributed by atoms with E-state index in [1.807, 2.05) is 24.3 Å². The number of piperazine rings is 1. The third-order valence-corrected chi connectivity index (χ3v) is 9.00. The molecular formula is C34H42F2N2O3. The zero-order valence-electron chi connectivity index (χ0n) is 24.5. The van der Waals surface area contributed by atoms with Crippen LogP contribution in [0.3, 0.4) is 0 Å². The van der Waals surface area contributed by atoms with E-state index in [9.17, 15) is 8.78 Å². The number of hydrogen-bond acceptors (Lipinski definition) is 5. The molecule has 5 rings (SSSR count). The van der Waals surface area contributed by atoms with Crippen molar-refractivity contribution in [2.45, 2.75) is 44.1 Å². The average molecular weight is 565 g/mol. The van der Waals surface area contributed by atoms with Gasteiger partial charge in [0.25, 0.3) is 0 Å². The van der Waals surface area contributed by atoms with Crippen LogP contribution in [0.4, 0.5) is 8.78 Å². The zero-order chi connectivity index (χ0) is 28.8. The van der Waals surface area contributed by atoms with E-state index < -0.39 is 0 Å². The molecule has 0 bridgehead atoms. The summed E-state index contributed by atoms with van der Waals surface area (Å²) in [6.07, 6.45) is 3.62. The van der Waals surface area contributed by atoms with E-state index in [0.29, 0.717) is 6.61 Å². The van der Waals surface area contributed by atoms with Gasteiger partial charge in [-0.15, -0.1) is 0 Å². The highest BCUT2D eigenvalue weighted by atomic mass is 19.1. The van der Waals surface area contributed by atoms with Crippen LogP contribution in [0.2, 0.25) is 0 Å². The summed E-state index contributed by atoms with van der Waals surface area (Å²) in [5, 5.41) is 0. The molecule has 220 valence electrons. The van der Waals surface area contributed by atoms with E-state index in [-0.39, 0.29) is 23.2 Å². The zero-order valence-corrected chi connectivity index (χ0v) is 24.5. The number of ether oxygens (including phenoxy) is 3. The molecule has 2 aliphatic heterocycles. The van der Waals surface area contributed by atoms with Crippen LogP contribution in [0, 0.1) is 11.6 Å². The maximum Gasteiger partial charge on any atom is 0.161 e. The first-order valence-electron chi connectivity index (χ1n) is 14.8. The molecule has 41 heavy (non-hydrogen) atoms. The summed E-state index contributed by atoms with van der Waals surface area (Å²) < 4.78 is 44.9. The van der Waals surface area contributed by atoms with Crippen LogP contribution >= 0.6 is 0 Å². The molecule has 0 saturated carbocycles. The number of methoxy groups -OCH3 is 2. The Morgan fingerprint density at radius 2 is 1.34 bits per heavy atom. The Morgan fingerprint density at radius 1 is 0.805 bits per heavy atom. The highest BCUT2D eigenvalue weighted by Gasteiger charge is 2.38. The van der Waals surface area contributed by atoms with E-state index >= 15 is 0 Å². The number of fused-ring (bicyclic) bond motifs is 1.